The van der Waals surface area contributed by atoms with Crippen LogP contribution in [0.25, 0.3) is 0 Å². The first kappa shape index (κ1) is 14.1. The minimum absolute atomic E-state index is 0.118. The maximum Gasteiger partial charge on any atom is 0.254 e. The summed E-state index contributed by atoms with van der Waals surface area (Å²) in [5.41, 5.74) is 7.72. The molecule has 1 saturated heterocycles. The van der Waals surface area contributed by atoms with Crippen molar-refractivity contribution in [3.63, 3.8) is 0 Å². The fourth-order valence-electron chi connectivity index (χ4n) is 2.08. The lowest BCUT2D eigenvalue weighted by atomic mass is 10.0. The number of amides is 2. The summed E-state index contributed by atoms with van der Waals surface area (Å²) in [6.07, 6.45) is 0. The van der Waals surface area contributed by atoms with E-state index in [4.69, 9.17) is 5.73 Å². The van der Waals surface area contributed by atoms with Crippen LogP contribution in [0.2, 0.25) is 0 Å². The topological polar surface area (TPSA) is 75.4 Å². The summed E-state index contributed by atoms with van der Waals surface area (Å²) < 4.78 is 0. The van der Waals surface area contributed by atoms with Gasteiger partial charge in [0.15, 0.2) is 0 Å². The number of carbonyl (C=O) groups excluding carboxylic acids is 2. The average molecular weight is 271 g/mol. The third-order valence-corrected chi connectivity index (χ3v) is 3.12. The second-order valence-corrected chi connectivity index (χ2v) is 4.61. The van der Waals surface area contributed by atoms with E-state index in [1.54, 1.807) is 17.0 Å². The van der Waals surface area contributed by atoms with Gasteiger partial charge < -0.3 is 16.0 Å². The largest absolute Gasteiger partial charge is 0.353 e. The number of nitrogens with zero attached hydrogens (tertiary/aromatic N) is 1. The van der Waals surface area contributed by atoms with E-state index in [0.717, 1.165) is 11.1 Å². The van der Waals surface area contributed by atoms with Crippen LogP contribution in [-0.2, 0) is 4.79 Å². The number of rotatable bonds is 1. The van der Waals surface area contributed by atoms with Crippen molar-refractivity contribution in [1.82, 2.24) is 10.2 Å². The fourth-order valence-corrected chi connectivity index (χ4v) is 2.08. The Morgan fingerprint density at radius 2 is 2.30 bits per heavy atom. The van der Waals surface area contributed by atoms with Crippen LogP contribution in [0.5, 0.6) is 0 Å². The van der Waals surface area contributed by atoms with Crippen LogP contribution >= 0.6 is 0 Å². The van der Waals surface area contributed by atoms with Crippen LogP contribution in [-0.4, -0.2) is 42.9 Å². The van der Waals surface area contributed by atoms with Gasteiger partial charge in [0.25, 0.3) is 5.91 Å². The molecule has 5 nitrogen and oxygen atoms in total. The van der Waals surface area contributed by atoms with Gasteiger partial charge in [-0.15, -0.1) is 0 Å². The van der Waals surface area contributed by atoms with Crippen LogP contribution in [0.15, 0.2) is 18.2 Å². The van der Waals surface area contributed by atoms with Crippen molar-refractivity contribution in [2.24, 2.45) is 5.73 Å². The first-order chi connectivity index (χ1) is 9.61. The molecule has 20 heavy (non-hydrogen) atoms. The van der Waals surface area contributed by atoms with E-state index >= 15 is 0 Å². The molecule has 2 amide bonds. The lowest BCUT2D eigenvalue weighted by Crippen LogP contribution is -2.49. The Bertz CT molecular complexity index is 599. The van der Waals surface area contributed by atoms with Gasteiger partial charge in [0.1, 0.15) is 0 Å². The molecule has 1 aromatic carbocycles. The smallest absolute Gasteiger partial charge is 0.254 e. The number of piperazine rings is 1. The summed E-state index contributed by atoms with van der Waals surface area (Å²) in [4.78, 5) is 25.2. The van der Waals surface area contributed by atoms with E-state index in [2.05, 4.69) is 17.2 Å². The van der Waals surface area contributed by atoms with Gasteiger partial charge in [-0.25, -0.2) is 0 Å². The number of nitrogens with two attached hydrogens (primary N) is 1. The molecule has 0 bridgehead atoms. The Kier molecular flexibility index (Phi) is 4.38. The van der Waals surface area contributed by atoms with E-state index in [9.17, 15) is 9.59 Å². The van der Waals surface area contributed by atoms with Crippen LogP contribution < -0.4 is 11.1 Å². The maximum atomic E-state index is 12.3. The number of hydrogen-bond acceptors (Lipinski definition) is 3. The lowest BCUT2D eigenvalue weighted by molar-refractivity contribution is -0.123. The van der Waals surface area contributed by atoms with Crippen LogP contribution in [0.4, 0.5) is 0 Å². The Morgan fingerprint density at radius 1 is 1.50 bits per heavy atom. The van der Waals surface area contributed by atoms with E-state index in [-0.39, 0.29) is 18.4 Å². The molecule has 0 unspecified atom stereocenters. The number of aryl methyl sites for hydroxylation is 1. The quantitative estimate of drug-likeness (QED) is 0.699. The molecule has 0 spiro atoms. The van der Waals surface area contributed by atoms with Crippen molar-refractivity contribution in [1.29, 1.82) is 0 Å². The number of nitrogens with one attached hydrogen (secondary N) is 1. The number of hydrogen-bond donors (Lipinski definition) is 2. The Morgan fingerprint density at radius 3 is 2.95 bits per heavy atom. The molecular weight excluding hydrogens is 254 g/mol. The fraction of sp³-hybridized carbons (Fsp3) is 0.333. The van der Waals surface area contributed by atoms with Crippen molar-refractivity contribution in [3.05, 3.63) is 34.9 Å². The molecule has 0 saturated carbocycles. The minimum atomic E-state index is -0.124. The van der Waals surface area contributed by atoms with Crippen molar-refractivity contribution in [3.8, 4) is 11.8 Å². The van der Waals surface area contributed by atoms with Crippen LogP contribution in [0, 0.1) is 18.8 Å². The number of carbonyl (C=O) groups is 2. The van der Waals surface area contributed by atoms with Gasteiger partial charge in [-0.3, -0.25) is 9.59 Å². The zero-order valence-corrected chi connectivity index (χ0v) is 11.4. The third-order valence-electron chi connectivity index (χ3n) is 3.12. The predicted molar refractivity (Wildman–Crippen MR) is 76.0 cm³/mol. The van der Waals surface area contributed by atoms with Crippen molar-refractivity contribution < 1.29 is 9.59 Å². The molecule has 1 aromatic rings. The van der Waals surface area contributed by atoms with Crippen LogP contribution in [0.1, 0.15) is 21.5 Å². The van der Waals surface area contributed by atoms with Gasteiger partial charge in [0.05, 0.1) is 13.1 Å². The molecule has 1 aliphatic heterocycles. The average Bonchev–Trinajstić information content (AvgIpc) is 2.45. The minimum Gasteiger partial charge on any atom is -0.353 e. The highest BCUT2D eigenvalue weighted by Crippen LogP contribution is 2.13. The number of benzene rings is 1. The van der Waals surface area contributed by atoms with E-state index < -0.39 is 0 Å². The Labute approximate surface area is 118 Å². The van der Waals surface area contributed by atoms with Gasteiger partial charge in [-0.2, -0.15) is 0 Å². The zero-order valence-electron chi connectivity index (χ0n) is 11.4. The van der Waals surface area contributed by atoms with E-state index in [0.29, 0.717) is 25.2 Å². The molecule has 1 fully saturated rings. The highest BCUT2D eigenvalue weighted by molar-refractivity contribution is 5.97. The summed E-state index contributed by atoms with van der Waals surface area (Å²) in [5, 5.41) is 2.70. The van der Waals surface area contributed by atoms with E-state index in [1.807, 2.05) is 13.0 Å². The second kappa shape index (κ2) is 6.22. The van der Waals surface area contributed by atoms with Gasteiger partial charge >= 0.3 is 0 Å². The molecule has 2 rings (SSSR count). The first-order valence-electron chi connectivity index (χ1n) is 6.47. The molecular formula is C15H17N3O2. The summed E-state index contributed by atoms with van der Waals surface area (Å²) in [6.45, 7) is 3.37. The highest BCUT2D eigenvalue weighted by atomic mass is 16.2. The standard InChI is InChI=1S/C15H17N3O2/c1-11-9-13(5-4-12(11)3-2-6-16)15(20)18-8-7-17-14(19)10-18/h4-5,9H,6-8,10,16H2,1H3,(H,17,19). The Balaban J connectivity index is 2.18. The molecule has 0 aliphatic carbocycles. The lowest BCUT2D eigenvalue weighted by Gasteiger charge is -2.26. The molecule has 104 valence electrons. The molecule has 0 aromatic heterocycles. The Hall–Kier alpha value is -2.32. The molecule has 1 heterocycles. The normalized spacial score (nSPS) is 14.3. The van der Waals surface area contributed by atoms with Crippen LogP contribution in [0.3, 0.4) is 0 Å². The maximum absolute atomic E-state index is 12.3. The summed E-state index contributed by atoms with van der Waals surface area (Å²) >= 11 is 0. The molecule has 0 radical (unpaired) electrons. The second-order valence-electron chi connectivity index (χ2n) is 4.61. The van der Waals surface area contributed by atoms with Gasteiger partial charge in [0.2, 0.25) is 5.91 Å². The predicted octanol–water partition coefficient (Wildman–Crippen LogP) is -0.123. The van der Waals surface area contributed by atoms with Crippen molar-refractivity contribution in [2.75, 3.05) is 26.2 Å². The summed E-state index contributed by atoms with van der Waals surface area (Å²) in [6, 6.07) is 5.35. The molecule has 5 heteroatoms. The van der Waals surface area contributed by atoms with Gasteiger partial charge in [0, 0.05) is 24.2 Å². The zero-order chi connectivity index (χ0) is 14.5. The SMILES string of the molecule is Cc1cc(C(=O)N2CCNC(=O)C2)ccc1C#CCN. The van der Waals surface area contributed by atoms with Gasteiger partial charge in [-0.1, -0.05) is 11.8 Å². The van der Waals surface area contributed by atoms with Crippen molar-refractivity contribution in [2.45, 2.75) is 6.92 Å². The monoisotopic (exact) mass is 271 g/mol. The van der Waals surface area contributed by atoms with E-state index in [1.165, 1.54) is 0 Å². The summed E-state index contributed by atoms with van der Waals surface area (Å²) in [7, 11) is 0. The van der Waals surface area contributed by atoms with Crippen molar-refractivity contribution >= 4 is 11.8 Å². The van der Waals surface area contributed by atoms with Gasteiger partial charge in [-0.05, 0) is 30.7 Å². The summed E-state index contributed by atoms with van der Waals surface area (Å²) in [5.74, 6) is 5.51. The molecule has 3 N–H and O–H groups in total. The molecule has 1 aliphatic rings. The highest BCUT2D eigenvalue weighted by Gasteiger charge is 2.22. The third kappa shape index (κ3) is 3.16. The first-order valence-corrected chi connectivity index (χ1v) is 6.47. The molecule has 0 atom stereocenters.